The van der Waals surface area contributed by atoms with Crippen molar-refractivity contribution < 1.29 is 9.59 Å². The third-order valence-electron chi connectivity index (χ3n) is 3.50. The number of hydrogen-bond acceptors (Lipinski definition) is 4. The van der Waals surface area contributed by atoms with Gasteiger partial charge in [0, 0.05) is 0 Å². The van der Waals surface area contributed by atoms with Crippen molar-refractivity contribution in [1.29, 1.82) is 0 Å². The van der Waals surface area contributed by atoms with Crippen LogP contribution in [0, 0.1) is 0 Å². The number of nitrogens with zero attached hydrogens (tertiary/aromatic N) is 2. The standard InChI is InChI=1S/C15H26N2O2/c1-3-5-9-15(17-14-19,10-6-4-2)11-7-8-12-16-13-18/h3-12H2,1-2H3. The van der Waals surface area contributed by atoms with Crippen molar-refractivity contribution in [2.24, 2.45) is 9.98 Å². The number of rotatable bonds is 12. The van der Waals surface area contributed by atoms with Gasteiger partial charge >= 0.3 is 0 Å². The number of unbranched alkanes of at least 4 members (excludes halogenated alkanes) is 3. The van der Waals surface area contributed by atoms with E-state index >= 15 is 0 Å². The normalized spacial score (nSPS) is 10.6. The molecule has 0 aliphatic heterocycles. The number of hydrogen-bond donors (Lipinski definition) is 0. The van der Waals surface area contributed by atoms with Crippen molar-refractivity contribution in [3.05, 3.63) is 0 Å². The fraction of sp³-hybridized carbons (Fsp3) is 0.867. The Morgan fingerprint density at radius 1 is 0.842 bits per heavy atom. The first-order chi connectivity index (χ1) is 9.24. The molecule has 0 aliphatic carbocycles. The summed E-state index contributed by atoms with van der Waals surface area (Å²) in [6.07, 6.45) is 12.3. The lowest BCUT2D eigenvalue weighted by atomic mass is 9.83. The van der Waals surface area contributed by atoms with Crippen LogP contribution in [0.3, 0.4) is 0 Å². The van der Waals surface area contributed by atoms with E-state index in [0.29, 0.717) is 6.54 Å². The van der Waals surface area contributed by atoms with Crippen LogP contribution in [0.4, 0.5) is 0 Å². The van der Waals surface area contributed by atoms with Gasteiger partial charge in [0.2, 0.25) is 12.2 Å². The lowest BCUT2D eigenvalue weighted by Crippen LogP contribution is -2.26. The van der Waals surface area contributed by atoms with E-state index < -0.39 is 0 Å². The Hall–Kier alpha value is -1.24. The third kappa shape index (κ3) is 8.47. The SMILES string of the molecule is CCCCC(CCCC)(CCCCN=C=O)N=C=O. The monoisotopic (exact) mass is 266 g/mol. The van der Waals surface area contributed by atoms with Crippen molar-refractivity contribution in [1.82, 2.24) is 0 Å². The summed E-state index contributed by atoms with van der Waals surface area (Å²) in [5.74, 6) is 0. The smallest absolute Gasteiger partial charge is 0.211 e. The van der Waals surface area contributed by atoms with Gasteiger partial charge in [-0.15, -0.1) is 0 Å². The largest absolute Gasteiger partial charge is 0.235 e. The highest BCUT2D eigenvalue weighted by molar-refractivity contribution is 5.35. The number of isocyanates is 2. The van der Waals surface area contributed by atoms with E-state index in [1.54, 1.807) is 12.2 Å². The summed E-state index contributed by atoms with van der Waals surface area (Å²) in [5, 5.41) is 0. The molecule has 0 fully saturated rings. The minimum atomic E-state index is -0.237. The third-order valence-corrected chi connectivity index (χ3v) is 3.50. The zero-order chi connectivity index (χ0) is 14.4. The summed E-state index contributed by atoms with van der Waals surface area (Å²) in [4.78, 5) is 28.4. The molecule has 0 unspecified atom stereocenters. The molecule has 0 aromatic rings. The molecular weight excluding hydrogens is 240 g/mol. The molecule has 0 aliphatic rings. The van der Waals surface area contributed by atoms with Crippen LogP contribution in [-0.4, -0.2) is 24.2 Å². The quantitative estimate of drug-likeness (QED) is 0.305. The van der Waals surface area contributed by atoms with Gasteiger partial charge in [0.15, 0.2) is 0 Å². The highest BCUT2D eigenvalue weighted by Gasteiger charge is 2.27. The molecule has 0 rings (SSSR count). The van der Waals surface area contributed by atoms with Crippen molar-refractivity contribution >= 4 is 12.2 Å². The topological polar surface area (TPSA) is 58.9 Å². The van der Waals surface area contributed by atoms with Crippen LogP contribution in [0.15, 0.2) is 9.98 Å². The average molecular weight is 266 g/mol. The van der Waals surface area contributed by atoms with E-state index in [4.69, 9.17) is 0 Å². The van der Waals surface area contributed by atoms with Crippen LogP contribution < -0.4 is 0 Å². The molecule has 4 heteroatoms. The average Bonchev–Trinajstić information content (AvgIpc) is 2.43. The van der Waals surface area contributed by atoms with Crippen LogP contribution >= 0.6 is 0 Å². The molecule has 0 saturated heterocycles. The van der Waals surface area contributed by atoms with Gasteiger partial charge < -0.3 is 0 Å². The minimum Gasteiger partial charge on any atom is -0.211 e. The van der Waals surface area contributed by atoms with E-state index in [1.807, 2.05) is 0 Å². The predicted octanol–water partition coefficient (Wildman–Crippen LogP) is 3.95. The molecule has 4 nitrogen and oxygen atoms in total. The Morgan fingerprint density at radius 3 is 1.89 bits per heavy atom. The van der Waals surface area contributed by atoms with Gasteiger partial charge in [0.25, 0.3) is 0 Å². The lowest BCUT2D eigenvalue weighted by molar-refractivity contribution is 0.313. The maximum atomic E-state index is 10.7. The molecule has 0 heterocycles. The van der Waals surface area contributed by atoms with Gasteiger partial charge in [-0.2, -0.15) is 4.99 Å². The molecular formula is C15H26N2O2. The summed E-state index contributed by atoms with van der Waals surface area (Å²) in [7, 11) is 0. The fourth-order valence-electron chi connectivity index (χ4n) is 2.34. The molecule has 0 radical (unpaired) electrons. The van der Waals surface area contributed by atoms with Gasteiger partial charge in [0.1, 0.15) is 0 Å². The molecule has 0 aromatic carbocycles. The second-order valence-electron chi connectivity index (χ2n) is 5.06. The summed E-state index contributed by atoms with van der Waals surface area (Å²) in [6, 6.07) is 0. The molecule has 19 heavy (non-hydrogen) atoms. The van der Waals surface area contributed by atoms with Gasteiger partial charge in [-0.1, -0.05) is 39.5 Å². The molecule has 0 amide bonds. The lowest BCUT2D eigenvalue weighted by Gasteiger charge is -2.28. The molecule has 0 spiro atoms. The van der Waals surface area contributed by atoms with Crippen molar-refractivity contribution in [3.8, 4) is 0 Å². The van der Waals surface area contributed by atoms with Crippen LogP contribution in [-0.2, 0) is 9.59 Å². The van der Waals surface area contributed by atoms with E-state index in [0.717, 1.165) is 57.8 Å². The first-order valence-corrected chi connectivity index (χ1v) is 7.37. The fourth-order valence-corrected chi connectivity index (χ4v) is 2.34. The Bertz CT molecular complexity index is 308. The first-order valence-electron chi connectivity index (χ1n) is 7.37. The Labute approximate surface area is 116 Å². The van der Waals surface area contributed by atoms with E-state index in [-0.39, 0.29) is 5.54 Å². The van der Waals surface area contributed by atoms with Crippen LogP contribution in [0.1, 0.15) is 71.6 Å². The zero-order valence-corrected chi connectivity index (χ0v) is 12.3. The summed E-state index contributed by atoms with van der Waals surface area (Å²) in [6.45, 7) is 4.81. The second kappa shape index (κ2) is 11.8. The van der Waals surface area contributed by atoms with Gasteiger partial charge in [0.05, 0.1) is 12.1 Å². The Morgan fingerprint density at radius 2 is 1.42 bits per heavy atom. The summed E-state index contributed by atoms with van der Waals surface area (Å²) in [5.41, 5.74) is -0.237. The van der Waals surface area contributed by atoms with E-state index in [9.17, 15) is 9.59 Å². The molecule has 0 saturated carbocycles. The van der Waals surface area contributed by atoms with Gasteiger partial charge in [-0.3, -0.25) is 0 Å². The van der Waals surface area contributed by atoms with Crippen LogP contribution in [0.25, 0.3) is 0 Å². The van der Waals surface area contributed by atoms with Gasteiger partial charge in [-0.25, -0.2) is 14.6 Å². The second-order valence-corrected chi connectivity index (χ2v) is 5.06. The number of aliphatic imine (C=N–C) groups is 2. The summed E-state index contributed by atoms with van der Waals surface area (Å²) < 4.78 is 0. The molecule has 108 valence electrons. The van der Waals surface area contributed by atoms with Crippen molar-refractivity contribution in [2.45, 2.75) is 77.2 Å². The molecule has 0 atom stereocenters. The molecule has 0 aromatic heterocycles. The Kier molecular flexibility index (Phi) is 11.1. The maximum Gasteiger partial charge on any atom is 0.235 e. The van der Waals surface area contributed by atoms with Gasteiger partial charge in [-0.05, 0) is 32.1 Å². The molecule has 0 bridgehead atoms. The highest BCUT2D eigenvalue weighted by Crippen LogP contribution is 2.31. The number of carbonyl (C=O) groups excluding carboxylic acids is 2. The highest BCUT2D eigenvalue weighted by atomic mass is 16.1. The minimum absolute atomic E-state index is 0.237. The predicted molar refractivity (Wildman–Crippen MR) is 76.7 cm³/mol. The Balaban J connectivity index is 4.48. The van der Waals surface area contributed by atoms with E-state index in [2.05, 4.69) is 23.8 Å². The zero-order valence-electron chi connectivity index (χ0n) is 12.3. The van der Waals surface area contributed by atoms with E-state index in [1.165, 1.54) is 0 Å². The molecule has 0 N–H and O–H groups in total. The summed E-state index contributed by atoms with van der Waals surface area (Å²) >= 11 is 0. The maximum absolute atomic E-state index is 10.7. The van der Waals surface area contributed by atoms with Crippen LogP contribution in [0.5, 0.6) is 0 Å². The van der Waals surface area contributed by atoms with Crippen molar-refractivity contribution in [3.63, 3.8) is 0 Å². The van der Waals surface area contributed by atoms with Crippen LogP contribution in [0.2, 0.25) is 0 Å². The van der Waals surface area contributed by atoms with Crippen molar-refractivity contribution in [2.75, 3.05) is 6.54 Å². The first kappa shape index (κ1) is 17.8.